The predicted octanol–water partition coefficient (Wildman–Crippen LogP) is 4.39. The Morgan fingerprint density at radius 2 is 0.947 bits per heavy atom. The number of carbonyl (C=O) groups is 1. The summed E-state index contributed by atoms with van der Waals surface area (Å²) >= 11 is 0. The second-order valence-corrected chi connectivity index (χ2v) is 24.2. The Morgan fingerprint density at radius 1 is 0.553 bits per heavy atom. The molecule has 8 fully saturated rings. The molecule has 9 aliphatic rings. The maximum absolute atomic E-state index is 12.8. The Morgan fingerprint density at radius 3 is 1.36 bits per heavy atom. The second-order valence-electron chi connectivity index (χ2n) is 24.2. The van der Waals surface area contributed by atoms with Gasteiger partial charge in [0, 0.05) is 84.9 Å². The van der Waals surface area contributed by atoms with E-state index in [1.165, 1.54) is 12.5 Å². The molecule has 5 aliphatic heterocycles. The number of Topliss-reactive ketones (excluding diaryl/α,β-unsaturated/α-hetero) is 1. The number of hydrogen-bond donors (Lipinski definition) is 4. The van der Waals surface area contributed by atoms with Gasteiger partial charge >= 0.3 is 0 Å². The fourth-order valence-corrected chi connectivity index (χ4v) is 15.7. The van der Waals surface area contributed by atoms with Crippen LogP contribution in [0, 0.1) is 22.7 Å². The molecule has 436 valence electrons. The van der Waals surface area contributed by atoms with Crippen LogP contribution in [0.15, 0.2) is 11.6 Å². The van der Waals surface area contributed by atoms with Crippen molar-refractivity contribution in [1.82, 2.24) is 0 Å². The molecule has 0 aromatic rings. The number of ether oxygens (including phenoxy) is 15. The van der Waals surface area contributed by atoms with E-state index in [0.29, 0.717) is 64.2 Å². The molecule has 20 nitrogen and oxygen atoms in total. The number of ketones is 1. The van der Waals surface area contributed by atoms with Crippen LogP contribution in [-0.4, -0.2) is 208 Å². The third kappa shape index (κ3) is 10.7. The van der Waals surface area contributed by atoms with Crippen LogP contribution in [-0.2, 0) is 75.8 Å². The van der Waals surface area contributed by atoms with E-state index in [9.17, 15) is 25.2 Å². The Kier molecular flexibility index (Phi) is 18.3. The Labute approximate surface area is 449 Å². The van der Waals surface area contributed by atoms with Gasteiger partial charge in [-0.1, -0.05) is 25.5 Å². The first kappa shape index (κ1) is 59.3. The van der Waals surface area contributed by atoms with Crippen LogP contribution in [0.25, 0.3) is 0 Å². The number of fused-ring (bicyclic) bond motifs is 5. The van der Waals surface area contributed by atoms with Crippen LogP contribution in [0.2, 0.25) is 0 Å². The van der Waals surface area contributed by atoms with Crippen molar-refractivity contribution in [1.29, 1.82) is 0 Å². The van der Waals surface area contributed by atoms with E-state index in [4.69, 9.17) is 71.1 Å². The summed E-state index contributed by atoms with van der Waals surface area (Å²) < 4.78 is 94.6. The highest BCUT2D eigenvalue weighted by Crippen LogP contribution is 2.69. The van der Waals surface area contributed by atoms with E-state index in [2.05, 4.69) is 13.0 Å². The molecule has 28 atom stereocenters. The van der Waals surface area contributed by atoms with Crippen molar-refractivity contribution in [3.05, 3.63) is 11.6 Å². The molecule has 4 N–H and O–H groups in total. The van der Waals surface area contributed by atoms with Crippen LogP contribution in [0.1, 0.15) is 132 Å². The quantitative estimate of drug-likeness (QED) is 0.157. The summed E-state index contributed by atoms with van der Waals surface area (Å²) in [6.45, 7) is 15.0. The maximum Gasteiger partial charge on any atom is 0.161 e. The molecule has 20 heteroatoms. The highest BCUT2D eigenvalue weighted by atomic mass is 16.8. The van der Waals surface area contributed by atoms with E-state index in [1.54, 1.807) is 49.4 Å². The zero-order valence-corrected chi connectivity index (χ0v) is 47.2. The van der Waals surface area contributed by atoms with Gasteiger partial charge in [-0.3, -0.25) is 4.79 Å². The standard InChI is InChI=1S/C56H92O20/c1-27(57)35-16-19-56(61)54(35,8)42(58)26-41-53(7)17-15-34(20-33(53)14-18-55(41,56)60)72-43-22-37(63-10)49(29(3)68-43)74-45-24-39(65-12)51(31(5)70-45)76-47-25-40(66-13)52(32(6)71-47)75-46-23-38(64-11)50(30(4)69-46)73-44-21-36(62-9)48(59)28(2)67-44/h14,28-32,34-52,58-61H,15-26H2,1-13H3/t28-,29-,30-,31-,32-,34+,35+,36-,37-,38+,39-,40-,41-,42-,43+,44+,45+,46+,47+,48-,49-,50-,51-,52-,53+,54+,55+,56-/m1/s1. The van der Waals surface area contributed by atoms with Crippen LogP contribution < -0.4 is 0 Å². The van der Waals surface area contributed by atoms with E-state index < -0.39 is 145 Å². The van der Waals surface area contributed by atoms with Gasteiger partial charge < -0.3 is 91.5 Å². The number of carbonyl (C=O) groups excluding carboxylic acids is 1. The highest BCUT2D eigenvalue weighted by molar-refractivity contribution is 5.80. The summed E-state index contributed by atoms with van der Waals surface area (Å²) in [6, 6.07) is 0. The van der Waals surface area contributed by atoms with E-state index in [0.717, 1.165) is 0 Å². The lowest BCUT2D eigenvalue weighted by Crippen LogP contribution is -2.75. The molecule has 0 radical (unpaired) electrons. The summed E-state index contributed by atoms with van der Waals surface area (Å²) in [5.74, 6) is -0.939. The first-order valence-electron chi connectivity index (χ1n) is 28.2. The van der Waals surface area contributed by atoms with Crippen LogP contribution >= 0.6 is 0 Å². The van der Waals surface area contributed by atoms with Crippen LogP contribution in [0.4, 0.5) is 0 Å². The number of aliphatic hydroxyl groups excluding tert-OH is 2. The van der Waals surface area contributed by atoms with Crippen molar-refractivity contribution < 1.29 is 96.3 Å². The molecule has 0 aromatic heterocycles. The Hall–Kier alpha value is -1.35. The van der Waals surface area contributed by atoms with Gasteiger partial charge in [-0.15, -0.1) is 0 Å². The number of methoxy groups -OCH3 is 5. The van der Waals surface area contributed by atoms with E-state index in [1.807, 2.05) is 27.7 Å². The predicted molar refractivity (Wildman–Crippen MR) is 269 cm³/mol. The SMILES string of the molecule is CO[C@H]1C[C@H](O[C@@H]2[C@@H](C)O[C@@H](O[C@@H]3[C@@H](C)O[C@@H](O[C@@H]4[C@@H](C)O[C@@H](O[C@H]5CC[C@@]6(C)C(=CC[C@]7(O)[C@@H]6C[C@@H](O)[C@]6(C)[C@H](C(C)=O)CC[C@@]67O)C5)C[C@H]4OC)C[C@H]3OC)C[C@H]2OC)O[C@H](C)[C@H]1O[C@H]1C[C@@H](OC)[C@H](O)[C@@H](C)O1. The molecule has 0 amide bonds. The molecular weight excluding hydrogens is 993 g/mol. The lowest BCUT2D eigenvalue weighted by atomic mass is 9.43. The summed E-state index contributed by atoms with van der Waals surface area (Å²) in [4.78, 5) is 12.8. The topological polar surface area (TPSA) is 236 Å². The maximum atomic E-state index is 12.8. The summed E-state index contributed by atoms with van der Waals surface area (Å²) in [6.07, 6.45) is -3.48. The second kappa shape index (κ2) is 23.5. The zero-order valence-electron chi connectivity index (χ0n) is 47.2. The van der Waals surface area contributed by atoms with Gasteiger partial charge in [-0.25, -0.2) is 0 Å². The average Bonchev–Trinajstić information content (AvgIpc) is 3.86. The summed E-state index contributed by atoms with van der Waals surface area (Å²) in [7, 11) is 8.18. The van der Waals surface area contributed by atoms with Gasteiger partial charge in [0.05, 0.1) is 73.2 Å². The van der Waals surface area contributed by atoms with Crippen molar-refractivity contribution >= 4 is 5.78 Å². The minimum absolute atomic E-state index is 0.0545. The smallest absolute Gasteiger partial charge is 0.161 e. The molecule has 0 aromatic carbocycles. The summed E-state index contributed by atoms with van der Waals surface area (Å²) in [5, 5.41) is 47.2. The summed E-state index contributed by atoms with van der Waals surface area (Å²) in [5.41, 5.74) is -3.47. The fraction of sp³-hybridized carbons (Fsp3) is 0.946. The fourth-order valence-electron chi connectivity index (χ4n) is 15.7. The lowest BCUT2D eigenvalue weighted by Gasteiger charge is -2.66. The zero-order chi connectivity index (χ0) is 54.8. The first-order valence-corrected chi connectivity index (χ1v) is 28.2. The minimum atomic E-state index is -1.59. The van der Waals surface area contributed by atoms with E-state index >= 15 is 0 Å². The Bertz CT molecular complexity index is 2000. The molecule has 3 saturated carbocycles. The van der Waals surface area contributed by atoms with Crippen molar-refractivity contribution in [3.63, 3.8) is 0 Å². The van der Waals surface area contributed by atoms with Crippen LogP contribution in [0.5, 0.6) is 0 Å². The normalized spacial score (nSPS) is 52.8. The largest absolute Gasteiger partial charge is 0.392 e. The third-order valence-corrected chi connectivity index (χ3v) is 20.2. The van der Waals surface area contributed by atoms with E-state index in [-0.39, 0.29) is 42.9 Å². The van der Waals surface area contributed by atoms with Crippen molar-refractivity contribution in [2.24, 2.45) is 22.7 Å². The molecular formula is C56H92O20. The van der Waals surface area contributed by atoms with Gasteiger partial charge in [0.2, 0.25) is 0 Å². The van der Waals surface area contributed by atoms with Gasteiger partial charge in [-0.2, -0.15) is 0 Å². The molecule has 0 unspecified atom stereocenters. The number of hydrogen-bond acceptors (Lipinski definition) is 20. The molecule has 4 aliphatic carbocycles. The number of rotatable bonds is 16. The molecule has 0 spiro atoms. The van der Waals surface area contributed by atoms with Gasteiger partial charge in [-0.05, 0) is 91.9 Å². The molecule has 0 bridgehead atoms. The van der Waals surface area contributed by atoms with Crippen LogP contribution in [0.3, 0.4) is 0 Å². The minimum Gasteiger partial charge on any atom is -0.392 e. The van der Waals surface area contributed by atoms with Gasteiger partial charge in [0.25, 0.3) is 0 Å². The highest BCUT2D eigenvalue weighted by Gasteiger charge is 2.76. The first-order chi connectivity index (χ1) is 36.0. The van der Waals surface area contributed by atoms with Crippen molar-refractivity contribution in [2.75, 3.05) is 35.5 Å². The van der Waals surface area contributed by atoms with Gasteiger partial charge in [0.1, 0.15) is 47.5 Å². The monoisotopic (exact) mass is 1080 g/mol. The van der Waals surface area contributed by atoms with Crippen molar-refractivity contribution in [3.8, 4) is 0 Å². The van der Waals surface area contributed by atoms with Gasteiger partial charge in [0.15, 0.2) is 31.5 Å². The lowest BCUT2D eigenvalue weighted by molar-refractivity contribution is -0.352. The van der Waals surface area contributed by atoms with Crippen molar-refractivity contribution in [2.45, 2.75) is 279 Å². The molecule has 5 heterocycles. The molecule has 9 rings (SSSR count). The average molecular weight is 1090 g/mol. The number of aliphatic hydroxyl groups is 4. The Balaban J connectivity index is 0.754. The molecule has 5 saturated heterocycles. The third-order valence-electron chi connectivity index (χ3n) is 20.2. The molecule has 76 heavy (non-hydrogen) atoms.